The number of aromatic nitrogens is 4. The van der Waals surface area contributed by atoms with Crippen LogP contribution in [-0.2, 0) is 11.0 Å². The first kappa shape index (κ1) is 29.5. The van der Waals surface area contributed by atoms with E-state index in [0.29, 0.717) is 18.3 Å². The molecule has 5 rings (SSSR count). The number of anilines is 4. The third-order valence-corrected chi connectivity index (χ3v) is 7.32. The molecule has 43 heavy (non-hydrogen) atoms. The summed E-state index contributed by atoms with van der Waals surface area (Å²) >= 11 is 0. The van der Waals surface area contributed by atoms with Crippen molar-refractivity contribution in [3.05, 3.63) is 78.2 Å². The molecule has 0 aliphatic carbocycles. The van der Waals surface area contributed by atoms with Crippen molar-refractivity contribution in [2.24, 2.45) is 0 Å². The van der Waals surface area contributed by atoms with Crippen molar-refractivity contribution in [2.75, 3.05) is 30.8 Å². The minimum absolute atomic E-state index is 0.0543. The van der Waals surface area contributed by atoms with Gasteiger partial charge in [0.15, 0.2) is 0 Å². The van der Waals surface area contributed by atoms with E-state index in [0.717, 1.165) is 37.1 Å². The molecule has 224 valence electrons. The van der Waals surface area contributed by atoms with Gasteiger partial charge in [-0.1, -0.05) is 31.2 Å². The second-order valence-electron chi connectivity index (χ2n) is 10.1. The molecule has 0 radical (unpaired) electrons. The second-order valence-corrected chi connectivity index (χ2v) is 10.1. The third-order valence-electron chi connectivity index (χ3n) is 7.32. The van der Waals surface area contributed by atoms with Crippen LogP contribution in [0, 0.1) is 0 Å². The van der Waals surface area contributed by atoms with Crippen LogP contribution < -0.4 is 16.0 Å². The van der Waals surface area contributed by atoms with Gasteiger partial charge >= 0.3 is 6.18 Å². The summed E-state index contributed by atoms with van der Waals surface area (Å²) in [5.41, 5.74) is 1.67. The average Bonchev–Trinajstić information content (AvgIpc) is 3.51. The number of benzene rings is 2. The number of likely N-dealkylation sites (tertiary alicyclic amines) is 1. The highest BCUT2D eigenvalue weighted by Gasteiger charge is 2.35. The van der Waals surface area contributed by atoms with Gasteiger partial charge in [0, 0.05) is 50.2 Å². The number of hydrogen-bond acceptors (Lipinski definition) is 7. The van der Waals surface area contributed by atoms with Gasteiger partial charge in [0.2, 0.25) is 11.9 Å². The van der Waals surface area contributed by atoms with Crippen LogP contribution in [0.25, 0.3) is 11.1 Å². The van der Waals surface area contributed by atoms with Crippen molar-refractivity contribution >= 4 is 35.0 Å². The zero-order valence-corrected chi connectivity index (χ0v) is 23.7. The van der Waals surface area contributed by atoms with Crippen molar-refractivity contribution in [2.45, 2.75) is 38.4 Å². The fraction of sp³-hybridized carbons (Fsp3) is 0.300. The van der Waals surface area contributed by atoms with E-state index in [-0.39, 0.29) is 29.1 Å². The van der Waals surface area contributed by atoms with E-state index < -0.39 is 23.5 Å². The number of amides is 2. The lowest BCUT2D eigenvalue weighted by Gasteiger charge is -2.32. The summed E-state index contributed by atoms with van der Waals surface area (Å²) in [5.74, 6) is -0.825. The van der Waals surface area contributed by atoms with Gasteiger partial charge in [0.25, 0.3) is 5.91 Å². The maximum absolute atomic E-state index is 13.8. The Hall–Kier alpha value is -4.94. The first-order valence-corrected chi connectivity index (χ1v) is 13.9. The Morgan fingerprint density at radius 1 is 0.977 bits per heavy atom. The third kappa shape index (κ3) is 6.76. The Morgan fingerprint density at radius 2 is 1.70 bits per heavy atom. The molecule has 3 heterocycles. The Labute approximate surface area is 246 Å². The molecule has 0 saturated carbocycles. The monoisotopic (exact) mass is 592 g/mol. The molecule has 0 atom stereocenters. The standard InChI is InChI=1S/C30H31F3N8O2/c1-3-26(42)40-14-12-22(13-15-40)41-18-20(16-36-41)19-8-10-21(11-9-19)37-29-35-17-24(30(31,32)33)27(39-29)38-25-7-5-4-6-23(25)28(43)34-2/h4-11,16-18,22H,3,12-15H2,1-2H3,(H,34,43)(H2,35,37,38,39). The van der Waals surface area contributed by atoms with E-state index in [9.17, 15) is 22.8 Å². The topological polar surface area (TPSA) is 117 Å². The van der Waals surface area contributed by atoms with Crippen LogP contribution in [0.4, 0.5) is 36.3 Å². The summed E-state index contributed by atoms with van der Waals surface area (Å²) in [5, 5.41) is 12.6. The lowest BCUT2D eigenvalue weighted by molar-refractivity contribution is -0.137. The minimum atomic E-state index is -4.72. The lowest BCUT2D eigenvalue weighted by Crippen LogP contribution is -2.38. The van der Waals surface area contributed by atoms with Gasteiger partial charge in [-0.15, -0.1) is 0 Å². The van der Waals surface area contributed by atoms with E-state index in [4.69, 9.17) is 0 Å². The Morgan fingerprint density at radius 3 is 2.37 bits per heavy atom. The molecule has 2 aromatic carbocycles. The van der Waals surface area contributed by atoms with Gasteiger partial charge in [-0.25, -0.2) is 4.98 Å². The van der Waals surface area contributed by atoms with Crippen LogP contribution in [0.5, 0.6) is 0 Å². The number of halogens is 3. The van der Waals surface area contributed by atoms with Crippen LogP contribution in [0.3, 0.4) is 0 Å². The smallest absolute Gasteiger partial charge is 0.355 e. The number of alkyl halides is 3. The van der Waals surface area contributed by atoms with Crippen molar-refractivity contribution in [1.29, 1.82) is 0 Å². The molecule has 2 amide bonds. The molecule has 2 aromatic heterocycles. The summed E-state index contributed by atoms with van der Waals surface area (Å²) in [7, 11) is 1.44. The van der Waals surface area contributed by atoms with E-state index >= 15 is 0 Å². The summed E-state index contributed by atoms with van der Waals surface area (Å²) in [6.07, 6.45) is 1.95. The molecule has 1 aliphatic rings. The minimum Gasteiger partial charge on any atom is -0.355 e. The van der Waals surface area contributed by atoms with Crippen molar-refractivity contribution in [3.63, 3.8) is 0 Å². The zero-order valence-electron chi connectivity index (χ0n) is 23.7. The van der Waals surface area contributed by atoms with E-state index in [1.54, 1.807) is 30.5 Å². The van der Waals surface area contributed by atoms with Crippen LogP contribution in [0.1, 0.15) is 48.1 Å². The quantitative estimate of drug-likeness (QED) is 0.238. The highest BCUT2D eigenvalue weighted by atomic mass is 19.4. The molecule has 1 saturated heterocycles. The summed E-state index contributed by atoms with van der Waals surface area (Å²) < 4.78 is 43.3. The molecule has 4 aromatic rings. The predicted molar refractivity (Wildman–Crippen MR) is 156 cm³/mol. The SMILES string of the molecule is CCC(=O)N1CCC(n2cc(-c3ccc(Nc4ncc(C(F)(F)F)c(Nc5ccccc5C(=O)NC)n4)cc3)cn2)CC1. The van der Waals surface area contributed by atoms with Gasteiger partial charge in [-0.3, -0.25) is 14.3 Å². The van der Waals surface area contributed by atoms with E-state index in [1.807, 2.05) is 34.8 Å². The number of nitrogens with one attached hydrogen (secondary N) is 3. The van der Waals surface area contributed by atoms with E-state index in [1.165, 1.54) is 19.2 Å². The normalized spacial score (nSPS) is 13.9. The van der Waals surface area contributed by atoms with Gasteiger partial charge in [0.05, 0.1) is 23.5 Å². The first-order valence-electron chi connectivity index (χ1n) is 13.9. The molecule has 3 N–H and O–H groups in total. The molecule has 1 fully saturated rings. The summed E-state index contributed by atoms with van der Waals surface area (Å²) in [4.78, 5) is 34.1. The van der Waals surface area contributed by atoms with Crippen LogP contribution in [0.15, 0.2) is 67.1 Å². The number of para-hydroxylation sites is 1. The van der Waals surface area contributed by atoms with Crippen molar-refractivity contribution < 1.29 is 22.8 Å². The Bertz CT molecular complexity index is 1600. The van der Waals surface area contributed by atoms with Gasteiger partial charge < -0.3 is 20.9 Å². The molecule has 0 bridgehead atoms. The fourth-order valence-corrected chi connectivity index (χ4v) is 4.96. The number of carbonyl (C=O) groups excluding carboxylic acids is 2. The average molecular weight is 593 g/mol. The van der Waals surface area contributed by atoms with Crippen molar-refractivity contribution in [1.82, 2.24) is 30.0 Å². The van der Waals surface area contributed by atoms with Gasteiger partial charge in [-0.2, -0.15) is 23.3 Å². The highest BCUT2D eigenvalue weighted by molar-refractivity contribution is 6.00. The second kappa shape index (κ2) is 12.5. The van der Waals surface area contributed by atoms with Crippen LogP contribution in [-0.4, -0.2) is 56.6 Å². The number of nitrogens with zero attached hydrogens (tertiary/aromatic N) is 5. The van der Waals surface area contributed by atoms with Crippen LogP contribution in [0.2, 0.25) is 0 Å². The highest BCUT2D eigenvalue weighted by Crippen LogP contribution is 2.36. The Kier molecular flexibility index (Phi) is 8.60. The van der Waals surface area contributed by atoms with E-state index in [2.05, 4.69) is 31.0 Å². The molecular formula is C30H31F3N8O2. The maximum atomic E-state index is 13.8. The molecule has 0 unspecified atom stereocenters. The zero-order chi connectivity index (χ0) is 30.6. The molecule has 0 spiro atoms. The fourth-order valence-electron chi connectivity index (χ4n) is 4.96. The molecule has 10 nitrogen and oxygen atoms in total. The predicted octanol–water partition coefficient (Wildman–Crippen LogP) is 5.78. The molecule has 1 aliphatic heterocycles. The number of piperidine rings is 1. The first-order chi connectivity index (χ1) is 20.7. The number of carbonyl (C=O) groups is 2. The van der Waals surface area contributed by atoms with Crippen LogP contribution >= 0.6 is 0 Å². The largest absolute Gasteiger partial charge is 0.421 e. The van der Waals surface area contributed by atoms with Crippen molar-refractivity contribution in [3.8, 4) is 11.1 Å². The summed E-state index contributed by atoms with van der Waals surface area (Å²) in [6, 6.07) is 13.7. The number of rotatable bonds is 8. The molecule has 13 heteroatoms. The lowest BCUT2D eigenvalue weighted by atomic mass is 10.0. The van der Waals surface area contributed by atoms with Gasteiger partial charge in [-0.05, 0) is 42.7 Å². The molecular weight excluding hydrogens is 561 g/mol. The maximum Gasteiger partial charge on any atom is 0.421 e. The van der Waals surface area contributed by atoms with Gasteiger partial charge in [0.1, 0.15) is 11.4 Å². The number of hydrogen-bond donors (Lipinski definition) is 3. The Balaban J connectivity index is 1.30. The summed E-state index contributed by atoms with van der Waals surface area (Å²) in [6.45, 7) is 3.31.